The van der Waals surface area contributed by atoms with E-state index >= 15 is 0 Å². The molecule has 1 atom stereocenters. The predicted octanol–water partition coefficient (Wildman–Crippen LogP) is 2.80. The lowest BCUT2D eigenvalue weighted by Gasteiger charge is -2.35. The van der Waals surface area contributed by atoms with Crippen LogP contribution in [0.5, 0.6) is 0 Å². The summed E-state index contributed by atoms with van der Waals surface area (Å²) in [5.41, 5.74) is 2.42. The van der Waals surface area contributed by atoms with E-state index in [4.69, 9.17) is 0 Å². The van der Waals surface area contributed by atoms with E-state index in [1.165, 1.54) is 4.31 Å². The summed E-state index contributed by atoms with van der Waals surface area (Å²) in [5, 5.41) is 5.64. The molecule has 0 aromatic heterocycles. The van der Waals surface area contributed by atoms with Crippen LogP contribution in [-0.4, -0.2) is 50.2 Å². The first kappa shape index (κ1) is 24.7. The van der Waals surface area contributed by atoms with E-state index in [0.29, 0.717) is 18.4 Å². The van der Waals surface area contributed by atoms with Gasteiger partial charge in [-0.2, -0.15) is 4.31 Å². The van der Waals surface area contributed by atoms with Crippen LogP contribution < -0.4 is 10.6 Å². The van der Waals surface area contributed by atoms with Gasteiger partial charge in [-0.15, -0.1) is 6.58 Å². The summed E-state index contributed by atoms with van der Waals surface area (Å²) in [5.74, 6) is -0.809. The third-order valence-electron chi connectivity index (χ3n) is 5.90. The van der Waals surface area contributed by atoms with E-state index in [2.05, 4.69) is 17.2 Å². The SMILES string of the molecule is C=CCNC(=O)C(NC(=O)c1cccc(C)c1)C1CCN(S(=O)(=O)c2ccc(C)cc2)CC1. The summed E-state index contributed by atoms with van der Waals surface area (Å²) < 4.78 is 27.5. The van der Waals surface area contributed by atoms with Crippen molar-refractivity contribution in [2.75, 3.05) is 19.6 Å². The maximum absolute atomic E-state index is 13.0. The molecular weight excluding hydrogens is 438 g/mol. The number of carbonyl (C=O) groups excluding carboxylic acids is 2. The molecular formula is C25H31N3O4S. The molecule has 0 saturated carbocycles. The molecule has 1 aliphatic rings. The topological polar surface area (TPSA) is 95.6 Å². The Hall–Kier alpha value is -2.97. The van der Waals surface area contributed by atoms with Crippen LogP contribution in [0.25, 0.3) is 0 Å². The number of rotatable bonds is 8. The highest BCUT2D eigenvalue weighted by atomic mass is 32.2. The van der Waals surface area contributed by atoms with Gasteiger partial charge >= 0.3 is 0 Å². The Morgan fingerprint density at radius 1 is 1.09 bits per heavy atom. The second kappa shape index (κ2) is 10.8. The van der Waals surface area contributed by atoms with Crippen LogP contribution in [0.15, 0.2) is 66.1 Å². The molecule has 1 saturated heterocycles. The lowest BCUT2D eigenvalue weighted by molar-refractivity contribution is -0.124. The van der Waals surface area contributed by atoms with Gasteiger partial charge in [0.25, 0.3) is 5.91 Å². The van der Waals surface area contributed by atoms with Crippen LogP contribution in [-0.2, 0) is 14.8 Å². The first-order valence-corrected chi connectivity index (χ1v) is 12.5. The molecule has 2 aromatic carbocycles. The van der Waals surface area contributed by atoms with Gasteiger partial charge in [0.05, 0.1) is 4.90 Å². The number of piperidine rings is 1. The molecule has 7 nitrogen and oxygen atoms in total. The molecule has 2 amide bonds. The molecule has 3 rings (SSSR count). The van der Waals surface area contributed by atoms with Crippen LogP contribution in [0.3, 0.4) is 0 Å². The number of carbonyl (C=O) groups is 2. The molecule has 1 fully saturated rings. The van der Waals surface area contributed by atoms with Gasteiger partial charge in [0.1, 0.15) is 6.04 Å². The lowest BCUT2D eigenvalue weighted by atomic mass is 9.89. The van der Waals surface area contributed by atoms with Crippen molar-refractivity contribution in [1.29, 1.82) is 0 Å². The summed E-state index contributed by atoms with van der Waals surface area (Å²) in [6.45, 7) is 8.28. The first-order valence-electron chi connectivity index (χ1n) is 11.1. The quantitative estimate of drug-likeness (QED) is 0.581. The summed E-state index contributed by atoms with van der Waals surface area (Å²) in [7, 11) is -3.60. The fourth-order valence-corrected chi connectivity index (χ4v) is 5.47. The van der Waals surface area contributed by atoms with Gasteiger partial charge in [-0.25, -0.2) is 8.42 Å². The van der Waals surface area contributed by atoms with Gasteiger partial charge in [-0.1, -0.05) is 41.5 Å². The van der Waals surface area contributed by atoms with Crippen molar-refractivity contribution < 1.29 is 18.0 Å². The summed E-state index contributed by atoms with van der Waals surface area (Å²) in [4.78, 5) is 26.0. The number of hydrogen-bond donors (Lipinski definition) is 2. The van der Waals surface area contributed by atoms with E-state index in [0.717, 1.165) is 11.1 Å². The van der Waals surface area contributed by atoms with Gasteiger partial charge in [0, 0.05) is 25.2 Å². The van der Waals surface area contributed by atoms with Gasteiger partial charge in [0.2, 0.25) is 15.9 Å². The van der Waals surface area contributed by atoms with Gasteiger partial charge in [0.15, 0.2) is 0 Å². The molecule has 2 aromatic rings. The minimum absolute atomic E-state index is 0.187. The van der Waals surface area contributed by atoms with Gasteiger partial charge < -0.3 is 10.6 Å². The predicted molar refractivity (Wildman–Crippen MR) is 128 cm³/mol. The number of aryl methyl sites for hydroxylation is 2. The molecule has 0 radical (unpaired) electrons. The maximum atomic E-state index is 13.0. The van der Waals surface area contributed by atoms with E-state index in [1.54, 1.807) is 48.5 Å². The Balaban J connectivity index is 1.73. The Morgan fingerprint density at radius 3 is 2.36 bits per heavy atom. The highest BCUT2D eigenvalue weighted by Gasteiger charge is 2.36. The van der Waals surface area contributed by atoms with Crippen molar-refractivity contribution in [3.05, 3.63) is 77.9 Å². The summed E-state index contributed by atoms with van der Waals surface area (Å²) in [6.07, 6.45) is 2.50. The smallest absolute Gasteiger partial charge is 0.251 e. The number of benzene rings is 2. The maximum Gasteiger partial charge on any atom is 0.251 e. The molecule has 0 bridgehead atoms. The standard InChI is InChI=1S/C25H31N3O4S/c1-4-14-26-25(30)23(27-24(29)21-7-5-6-19(3)17-21)20-12-15-28(16-13-20)33(31,32)22-10-8-18(2)9-11-22/h4-11,17,20,23H,1,12-16H2,2-3H3,(H,26,30)(H,27,29). The van der Waals surface area contributed by atoms with E-state index in [9.17, 15) is 18.0 Å². The first-order chi connectivity index (χ1) is 15.7. The van der Waals surface area contributed by atoms with E-state index in [-0.39, 0.29) is 42.3 Å². The molecule has 1 aliphatic heterocycles. The van der Waals surface area contributed by atoms with Gasteiger partial charge in [-0.05, 0) is 56.9 Å². The second-order valence-electron chi connectivity index (χ2n) is 8.41. The second-order valence-corrected chi connectivity index (χ2v) is 10.3. The van der Waals surface area contributed by atoms with E-state index in [1.807, 2.05) is 19.9 Å². The number of hydrogen-bond acceptors (Lipinski definition) is 4. The molecule has 176 valence electrons. The van der Waals surface area contributed by atoms with Crippen LogP contribution in [0.2, 0.25) is 0 Å². The third kappa shape index (κ3) is 6.09. The zero-order chi connectivity index (χ0) is 24.0. The van der Waals surface area contributed by atoms with Crippen LogP contribution in [0, 0.1) is 19.8 Å². The van der Waals surface area contributed by atoms with Crippen molar-refractivity contribution in [1.82, 2.24) is 14.9 Å². The molecule has 1 heterocycles. The Bertz CT molecular complexity index is 1100. The van der Waals surface area contributed by atoms with Crippen molar-refractivity contribution in [2.45, 2.75) is 37.6 Å². The molecule has 33 heavy (non-hydrogen) atoms. The minimum atomic E-state index is -3.60. The molecule has 0 spiro atoms. The van der Waals surface area contributed by atoms with Crippen molar-refractivity contribution >= 4 is 21.8 Å². The molecule has 8 heteroatoms. The number of nitrogens with one attached hydrogen (secondary N) is 2. The highest BCUT2D eigenvalue weighted by molar-refractivity contribution is 7.89. The normalized spacial score (nSPS) is 16.1. The molecule has 0 aliphatic carbocycles. The van der Waals surface area contributed by atoms with Crippen molar-refractivity contribution in [3.63, 3.8) is 0 Å². The average Bonchev–Trinajstić information content (AvgIpc) is 2.81. The van der Waals surface area contributed by atoms with E-state index < -0.39 is 16.1 Å². The van der Waals surface area contributed by atoms with Crippen molar-refractivity contribution in [2.24, 2.45) is 5.92 Å². The fraction of sp³-hybridized carbons (Fsp3) is 0.360. The number of amides is 2. The van der Waals surface area contributed by atoms with Crippen molar-refractivity contribution in [3.8, 4) is 0 Å². The molecule has 1 unspecified atom stereocenters. The summed E-state index contributed by atoms with van der Waals surface area (Å²) >= 11 is 0. The molecule has 2 N–H and O–H groups in total. The van der Waals surface area contributed by atoms with Gasteiger partial charge in [-0.3, -0.25) is 9.59 Å². The Labute approximate surface area is 195 Å². The van der Waals surface area contributed by atoms with Crippen LogP contribution in [0.1, 0.15) is 34.3 Å². The Morgan fingerprint density at radius 2 is 1.76 bits per heavy atom. The average molecular weight is 470 g/mol. The fourth-order valence-electron chi connectivity index (χ4n) is 4.00. The third-order valence-corrected chi connectivity index (χ3v) is 7.81. The number of sulfonamides is 1. The largest absolute Gasteiger partial charge is 0.351 e. The van der Waals surface area contributed by atoms with Crippen LogP contribution >= 0.6 is 0 Å². The summed E-state index contributed by atoms with van der Waals surface area (Å²) in [6, 6.07) is 13.2. The zero-order valence-corrected chi connectivity index (χ0v) is 19.9. The Kier molecular flexibility index (Phi) is 8.05. The monoisotopic (exact) mass is 469 g/mol. The lowest BCUT2D eigenvalue weighted by Crippen LogP contribution is -2.53. The highest BCUT2D eigenvalue weighted by Crippen LogP contribution is 2.26. The zero-order valence-electron chi connectivity index (χ0n) is 19.1. The van der Waals surface area contributed by atoms with Crippen LogP contribution in [0.4, 0.5) is 0 Å². The number of nitrogens with zero attached hydrogens (tertiary/aromatic N) is 1. The minimum Gasteiger partial charge on any atom is -0.351 e.